The van der Waals surface area contributed by atoms with Gasteiger partial charge >= 0.3 is 12.1 Å². The van der Waals surface area contributed by atoms with Crippen LogP contribution >= 0.6 is 11.8 Å². The summed E-state index contributed by atoms with van der Waals surface area (Å²) in [4.78, 5) is 21.8. The number of alkyl halides is 3. The van der Waals surface area contributed by atoms with Crippen molar-refractivity contribution >= 4 is 34.7 Å². The molecule has 1 aliphatic rings. The summed E-state index contributed by atoms with van der Waals surface area (Å²) in [5.74, 6) is 1.08. The molecule has 0 radical (unpaired) electrons. The minimum Gasteiger partial charge on any atom is -0.497 e. The number of hydrogen-bond acceptors (Lipinski definition) is 7. The molecule has 11 heteroatoms. The van der Waals surface area contributed by atoms with E-state index >= 15 is 0 Å². The van der Waals surface area contributed by atoms with Crippen LogP contribution in [0.15, 0.2) is 76.9 Å². The van der Waals surface area contributed by atoms with Crippen LogP contribution in [0.2, 0.25) is 0 Å². The largest absolute Gasteiger partial charge is 0.497 e. The number of benzene rings is 3. The van der Waals surface area contributed by atoms with E-state index in [4.69, 9.17) is 19.2 Å². The molecule has 4 aromatic rings. The summed E-state index contributed by atoms with van der Waals surface area (Å²) in [6.07, 6.45) is -4.04. The second kappa shape index (κ2) is 12.5. The van der Waals surface area contributed by atoms with Gasteiger partial charge in [0, 0.05) is 17.9 Å². The number of methoxy groups -OCH3 is 1. The Morgan fingerprint density at radius 1 is 1.10 bits per heavy atom. The number of fused-ring (bicyclic) bond motifs is 1. The van der Waals surface area contributed by atoms with E-state index in [0.29, 0.717) is 28.9 Å². The number of imidazole rings is 1. The smallest absolute Gasteiger partial charge is 0.416 e. The van der Waals surface area contributed by atoms with Gasteiger partial charge in [0.2, 0.25) is 5.90 Å². The van der Waals surface area contributed by atoms with Gasteiger partial charge in [-0.25, -0.2) is 14.8 Å². The van der Waals surface area contributed by atoms with Crippen LogP contribution in [-0.4, -0.2) is 53.0 Å². The van der Waals surface area contributed by atoms with E-state index in [1.54, 1.807) is 32.2 Å². The van der Waals surface area contributed by atoms with Gasteiger partial charge in [-0.1, -0.05) is 30.0 Å². The van der Waals surface area contributed by atoms with Crippen LogP contribution in [0.25, 0.3) is 11.0 Å². The Balaban J connectivity index is 1.39. The lowest BCUT2D eigenvalue weighted by Gasteiger charge is -2.13. The predicted molar refractivity (Wildman–Crippen MR) is 155 cm³/mol. The van der Waals surface area contributed by atoms with Crippen LogP contribution in [-0.2, 0) is 28.6 Å². The van der Waals surface area contributed by atoms with Crippen LogP contribution in [0, 0.1) is 0 Å². The molecule has 1 aromatic heterocycles. The Bertz CT molecular complexity index is 1600. The van der Waals surface area contributed by atoms with Crippen molar-refractivity contribution in [1.29, 1.82) is 0 Å². The van der Waals surface area contributed by atoms with Crippen molar-refractivity contribution in [3.05, 3.63) is 89.0 Å². The highest BCUT2D eigenvalue weighted by molar-refractivity contribution is 7.99. The van der Waals surface area contributed by atoms with E-state index in [1.807, 2.05) is 37.3 Å². The highest BCUT2D eigenvalue weighted by Crippen LogP contribution is 2.32. The first kappa shape index (κ1) is 29.5. The van der Waals surface area contributed by atoms with Gasteiger partial charge in [0.25, 0.3) is 0 Å². The molecule has 0 amide bonds. The third-order valence-corrected chi connectivity index (χ3v) is 8.03. The molecule has 0 spiro atoms. The lowest BCUT2D eigenvalue weighted by atomic mass is 10.1. The molecule has 42 heavy (non-hydrogen) atoms. The minimum atomic E-state index is -4.45. The Morgan fingerprint density at radius 3 is 2.60 bits per heavy atom. The number of halogens is 3. The summed E-state index contributed by atoms with van der Waals surface area (Å²) in [6, 6.07) is 17.9. The molecule has 0 aliphatic carbocycles. The summed E-state index contributed by atoms with van der Waals surface area (Å²) in [5, 5.41) is 0.745. The molecule has 2 heterocycles. The molecule has 220 valence electrons. The topological polar surface area (TPSA) is 74.9 Å². The van der Waals surface area contributed by atoms with Crippen molar-refractivity contribution < 1.29 is 32.2 Å². The Hall–Kier alpha value is -3.99. The highest BCUT2D eigenvalue weighted by Gasteiger charge is 2.33. The Labute approximate surface area is 245 Å². The van der Waals surface area contributed by atoms with Crippen LogP contribution in [0.5, 0.6) is 5.75 Å². The first-order valence-corrected chi connectivity index (χ1v) is 14.5. The molecule has 0 saturated carbocycles. The molecule has 0 fully saturated rings. The molecule has 3 aromatic carbocycles. The second-order valence-electron chi connectivity index (χ2n) is 9.78. The van der Waals surface area contributed by atoms with E-state index < -0.39 is 17.7 Å². The number of rotatable bonds is 10. The molecule has 7 nitrogen and oxygen atoms in total. The monoisotopic (exact) mass is 597 g/mol. The molecule has 0 N–H and O–H groups in total. The average molecular weight is 598 g/mol. The molecule has 0 saturated heterocycles. The Morgan fingerprint density at radius 2 is 1.88 bits per heavy atom. The fraction of sp³-hybridized carbons (Fsp3) is 0.323. The molecule has 0 unspecified atom stereocenters. The van der Waals surface area contributed by atoms with Crippen LogP contribution < -0.4 is 4.74 Å². The van der Waals surface area contributed by atoms with E-state index in [9.17, 15) is 18.0 Å². The number of thioether (sulfide) groups is 1. The van der Waals surface area contributed by atoms with Gasteiger partial charge < -0.3 is 18.8 Å². The van der Waals surface area contributed by atoms with Crippen molar-refractivity contribution in [1.82, 2.24) is 9.55 Å². The summed E-state index contributed by atoms with van der Waals surface area (Å²) in [6.45, 7) is 4.53. The standard InChI is InChI=1S/C31H30F3N3O4S/c1-4-40-29(38)22-10-13-27-25(17-22)36-30(37(27)15-14-20-8-11-24(39-3)12-9-20)42-18-26-19(2)41-28(35-26)21-6-5-7-23(16-21)31(32,33)34/h5-13,16-17,19,26H,4,14-15,18H2,1-3H3/t19-,26-/m0/s1. The van der Waals surface area contributed by atoms with Gasteiger partial charge in [0.05, 0.1) is 41.9 Å². The van der Waals surface area contributed by atoms with Gasteiger partial charge in [0.15, 0.2) is 5.16 Å². The maximum absolute atomic E-state index is 13.2. The SMILES string of the molecule is CCOC(=O)c1ccc2c(c1)nc(SC[C@@H]1N=C(c3cccc(C(F)(F)F)c3)O[C@H]1C)n2CCc1ccc(OC)cc1. The normalized spacial score (nSPS) is 16.8. The van der Waals surface area contributed by atoms with E-state index in [2.05, 4.69) is 9.56 Å². The molecule has 2 atom stereocenters. The van der Waals surface area contributed by atoms with Crippen molar-refractivity contribution in [3.8, 4) is 5.75 Å². The summed E-state index contributed by atoms with van der Waals surface area (Å²) >= 11 is 1.49. The maximum atomic E-state index is 13.2. The molecule has 5 rings (SSSR count). The molecular weight excluding hydrogens is 567 g/mol. The quantitative estimate of drug-likeness (QED) is 0.148. The fourth-order valence-corrected chi connectivity index (χ4v) is 5.83. The highest BCUT2D eigenvalue weighted by atomic mass is 32.2. The number of carbonyl (C=O) groups excluding carboxylic acids is 1. The molecular formula is C31H30F3N3O4S. The fourth-order valence-electron chi connectivity index (χ4n) is 4.65. The van der Waals surface area contributed by atoms with Crippen LogP contribution in [0.4, 0.5) is 13.2 Å². The number of aryl methyl sites for hydroxylation is 2. The van der Waals surface area contributed by atoms with Crippen molar-refractivity contribution in [2.24, 2.45) is 4.99 Å². The van der Waals surface area contributed by atoms with Crippen LogP contribution in [0.3, 0.4) is 0 Å². The average Bonchev–Trinajstić information content (AvgIpc) is 3.53. The minimum absolute atomic E-state index is 0.200. The van der Waals surface area contributed by atoms with Crippen molar-refractivity contribution in [2.75, 3.05) is 19.5 Å². The molecule has 1 aliphatic heterocycles. The summed E-state index contributed by atoms with van der Waals surface area (Å²) < 4.78 is 58.1. The van der Waals surface area contributed by atoms with Gasteiger partial charge in [0.1, 0.15) is 11.9 Å². The summed E-state index contributed by atoms with van der Waals surface area (Å²) in [7, 11) is 1.63. The van der Waals surface area contributed by atoms with Crippen molar-refractivity contribution in [2.45, 2.75) is 50.3 Å². The number of esters is 1. The van der Waals surface area contributed by atoms with Gasteiger partial charge in [-0.15, -0.1) is 0 Å². The second-order valence-corrected chi connectivity index (χ2v) is 10.8. The number of ether oxygens (including phenoxy) is 3. The van der Waals surface area contributed by atoms with Crippen LogP contribution in [0.1, 0.15) is 40.9 Å². The lowest BCUT2D eigenvalue weighted by molar-refractivity contribution is -0.137. The zero-order valence-electron chi connectivity index (χ0n) is 23.4. The number of hydrogen-bond donors (Lipinski definition) is 0. The van der Waals surface area contributed by atoms with Crippen molar-refractivity contribution in [3.63, 3.8) is 0 Å². The first-order chi connectivity index (χ1) is 20.2. The predicted octanol–water partition coefficient (Wildman–Crippen LogP) is 6.81. The zero-order chi connectivity index (χ0) is 29.9. The number of aromatic nitrogens is 2. The number of carbonyl (C=O) groups is 1. The van der Waals surface area contributed by atoms with Gasteiger partial charge in [-0.3, -0.25) is 0 Å². The molecule has 0 bridgehead atoms. The zero-order valence-corrected chi connectivity index (χ0v) is 24.2. The van der Waals surface area contributed by atoms with Gasteiger partial charge in [-0.2, -0.15) is 13.2 Å². The van der Waals surface area contributed by atoms with E-state index in [-0.39, 0.29) is 24.7 Å². The Kier molecular flexibility index (Phi) is 8.77. The van der Waals surface area contributed by atoms with E-state index in [1.165, 1.54) is 17.8 Å². The maximum Gasteiger partial charge on any atom is 0.416 e. The third kappa shape index (κ3) is 6.56. The number of nitrogens with zero attached hydrogens (tertiary/aromatic N) is 3. The summed E-state index contributed by atoms with van der Waals surface area (Å²) in [5.41, 5.74) is 2.65. The van der Waals surface area contributed by atoms with E-state index in [0.717, 1.165) is 40.5 Å². The van der Waals surface area contributed by atoms with Gasteiger partial charge in [-0.05, 0) is 74.4 Å². The lowest BCUT2D eigenvalue weighted by Crippen LogP contribution is -2.21. The third-order valence-electron chi connectivity index (χ3n) is 6.95. The first-order valence-electron chi connectivity index (χ1n) is 13.5. The number of aliphatic imine (C=N–C) groups is 1.